The van der Waals surface area contributed by atoms with Gasteiger partial charge in [0.25, 0.3) is 0 Å². The highest BCUT2D eigenvalue weighted by molar-refractivity contribution is 6.17. The molecule has 0 spiro atoms. The normalized spacial score (nSPS) is 16.4. The van der Waals surface area contributed by atoms with Crippen molar-refractivity contribution >= 4 is 11.6 Å². The summed E-state index contributed by atoms with van der Waals surface area (Å²) in [7, 11) is 1.66. The predicted molar refractivity (Wildman–Crippen MR) is 65.4 cm³/mol. The van der Waals surface area contributed by atoms with Gasteiger partial charge >= 0.3 is 0 Å². The summed E-state index contributed by atoms with van der Waals surface area (Å²) in [5, 5.41) is 0. The number of hydrogen-bond acceptors (Lipinski definition) is 2. The standard InChI is InChI=1S/C13H17ClO2/c1-15-12-8-4-5-10(9-14)13(12)16-11-6-2-3-7-11/h4-5,8,11H,2-3,6-7,9H2,1H3. The molecule has 0 bridgehead atoms. The Bertz CT molecular complexity index is 324. The molecule has 0 unspecified atom stereocenters. The van der Waals surface area contributed by atoms with Gasteiger partial charge in [0, 0.05) is 5.56 Å². The monoisotopic (exact) mass is 240 g/mol. The predicted octanol–water partition coefficient (Wildman–Crippen LogP) is 3.76. The fourth-order valence-corrected chi connectivity index (χ4v) is 2.34. The number of methoxy groups -OCH3 is 1. The minimum Gasteiger partial charge on any atom is -0.493 e. The third kappa shape index (κ3) is 2.43. The SMILES string of the molecule is COc1cccc(CCl)c1OC1CCCC1. The highest BCUT2D eigenvalue weighted by atomic mass is 35.5. The van der Waals surface area contributed by atoms with Crippen molar-refractivity contribution in [2.75, 3.05) is 7.11 Å². The minimum atomic E-state index is 0.332. The first-order valence-corrected chi connectivity index (χ1v) is 6.27. The number of alkyl halides is 1. The Labute approximate surface area is 102 Å². The van der Waals surface area contributed by atoms with Crippen LogP contribution in [0.25, 0.3) is 0 Å². The van der Waals surface area contributed by atoms with E-state index in [0.29, 0.717) is 12.0 Å². The lowest BCUT2D eigenvalue weighted by Gasteiger charge is -2.18. The van der Waals surface area contributed by atoms with Gasteiger partial charge in [-0.25, -0.2) is 0 Å². The van der Waals surface area contributed by atoms with Crippen molar-refractivity contribution in [2.45, 2.75) is 37.7 Å². The van der Waals surface area contributed by atoms with Gasteiger partial charge in [-0.05, 0) is 31.7 Å². The van der Waals surface area contributed by atoms with E-state index in [1.54, 1.807) is 7.11 Å². The summed E-state index contributed by atoms with van der Waals surface area (Å²) < 4.78 is 11.3. The van der Waals surface area contributed by atoms with E-state index in [4.69, 9.17) is 21.1 Å². The topological polar surface area (TPSA) is 18.5 Å². The Morgan fingerprint density at radius 3 is 2.69 bits per heavy atom. The molecule has 0 radical (unpaired) electrons. The van der Waals surface area contributed by atoms with Gasteiger partial charge in [0.15, 0.2) is 11.5 Å². The van der Waals surface area contributed by atoms with Gasteiger partial charge < -0.3 is 9.47 Å². The van der Waals surface area contributed by atoms with Crippen molar-refractivity contribution < 1.29 is 9.47 Å². The van der Waals surface area contributed by atoms with E-state index in [1.807, 2.05) is 18.2 Å². The highest BCUT2D eigenvalue weighted by Gasteiger charge is 2.20. The molecule has 0 amide bonds. The van der Waals surface area contributed by atoms with Crippen LogP contribution in [-0.4, -0.2) is 13.2 Å². The van der Waals surface area contributed by atoms with Crippen molar-refractivity contribution in [3.05, 3.63) is 23.8 Å². The van der Waals surface area contributed by atoms with Crippen LogP contribution in [-0.2, 0) is 5.88 Å². The first-order chi connectivity index (χ1) is 7.85. The summed E-state index contributed by atoms with van der Waals surface area (Å²) in [5.41, 5.74) is 1.01. The first kappa shape index (κ1) is 11.6. The Kier molecular flexibility index (Phi) is 3.94. The van der Waals surface area contributed by atoms with Gasteiger partial charge in [-0.2, -0.15) is 0 Å². The van der Waals surface area contributed by atoms with Gasteiger partial charge in [-0.15, -0.1) is 11.6 Å². The van der Waals surface area contributed by atoms with Crippen LogP contribution < -0.4 is 9.47 Å². The van der Waals surface area contributed by atoms with Crippen LogP contribution in [0.1, 0.15) is 31.2 Å². The largest absolute Gasteiger partial charge is 0.493 e. The number of benzene rings is 1. The second-order valence-electron chi connectivity index (χ2n) is 4.11. The van der Waals surface area contributed by atoms with E-state index in [9.17, 15) is 0 Å². The van der Waals surface area contributed by atoms with Gasteiger partial charge in [0.05, 0.1) is 19.1 Å². The van der Waals surface area contributed by atoms with E-state index >= 15 is 0 Å². The van der Waals surface area contributed by atoms with E-state index in [0.717, 1.165) is 29.9 Å². The lowest BCUT2D eigenvalue weighted by molar-refractivity contribution is 0.199. The highest BCUT2D eigenvalue weighted by Crippen LogP contribution is 2.35. The Hall–Kier alpha value is -0.890. The smallest absolute Gasteiger partial charge is 0.165 e. The van der Waals surface area contributed by atoms with E-state index < -0.39 is 0 Å². The summed E-state index contributed by atoms with van der Waals surface area (Å²) in [5.74, 6) is 2.07. The lowest BCUT2D eigenvalue weighted by Crippen LogP contribution is -2.12. The number of halogens is 1. The first-order valence-electron chi connectivity index (χ1n) is 5.73. The summed E-state index contributed by atoms with van der Waals surface area (Å²) in [4.78, 5) is 0. The van der Waals surface area contributed by atoms with E-state index in [2.05, 4.69) is 0 Å². The van der Waals surface area contributed by atoms with E-state index in [-0.39, 0.29) is 0 Å². The van der Waals surface area contributed by atoms with Gasteiger partial charge in [0.1, 0.15) is 0 Å². The van der Waals surface area contributed by atoms with Crippen LogP contribution in [0, 0.1) is 0 Å². The number of ether oxygens (including phenoxy) is 2. The maximum absolute atomic E-state index is 6.01. The molecule has 1 aliphatic rings. The third-order valence-electron chi connectivity index (χ3n) is 3.01. The Morgan fingerprint density at radius 1 is 1.31 bits per heavy atom. The molecule has 3 heteroatoms. The molecular formula is C13H17ClO2. The van der Waals surface area contributed by atoms with Crippen molar-refractivity contribution in [1.29, 1.82) is 0 Å². The minimum absolute atomic E-state index is 0.332. The number of para-hydroxylation sites is 1. The van der Waals surface area contributed by atoms with Crippen LogP contribution in [0.2, 0.25) is 0 Å². The summed E-state index contributed by atoms with van der Waals surface area (Å²) in [6, 6.07) is 5.85. The summed E-state index contributed by atoms with van der Waals surface area (Å²) in [6.45, 7) is 0. The second kappa shape index (κ2) is 5.44. The molecule has 0 aliphatic heterocycles. The lowest BCUT2D eigenvalue weighted by atomic mass is 10.2. The van der Waals surface area contributed by atoms with Crippen LogP contribution in [0.3, 0.4) is 0 Å². The molecule has 1 fully saturated rings. The zero-order valence-corrected chi connectivity index (χ0v) is 10.3. The molecule has 1 aromatic carbocycles. The maximum atomic E-state index is 6.01. The zero-order chi connectivity index (χ0) is 11.4. The molecule has 1 aromatic rings. The number of rotatable bonds is 4. The van der Waals surface area contributed by atoms with E-state index in [1.165, 1.54) is 12.8 Å². The van der Waals surface area contributed by atoms with Crippen molar-refractivity contribution in [3.63, 3.8) is 0 Å². The Morgan fingerprint density at radius 2 is 2.06 bits per heavy atom. The molecule has 0 atom stereocenters. The molecule has 0 N–H and O–H groups in total. The molecule has 0 aromatic heterocycles. The molecule has 0 saturated heterocycles. The Balaban J connectivity index is 2.21. The van der Waals surface area contributed by atoms with Gasteiger partial charge in [0.2, 0.25) is 0 Å². The zero-order valence-electron chi connectivity index (χ0n) is 9.54. The second-order valence-corrected chi connectivity index (χ2v) is 4.37. The molecule has 1 aliphatic carbocycles. The molecule has 2 nitrogen and oxygen atoms in total. The average Bonchev–Trinajstić information content (AvgIpc) is 2.82. The van der Waals surface area contributed by atoms with Gasteiger partial charge in [-0.3, -0.25) is 0 Å². The van der Waals surface area contributed by atoms with Crippen LogP contribution >= 0.6 is 11.6 Å². The van der Waals surface area contributed by atoms with Crippen molar-refractivity contribution in [1.82, 2.24) is 0 Å². The van der Waals surface area contributed by atoms with Crippen LogP contribution in [0.5, 0.6) is 11.5 Å². The summed E-state index contributed by atoms with van der Waals surface area (Å²) in [6.07, 6.45) is 5.13. The number of hydrogen-bond donors (Lipinski definition) is 0. The van der Waals surface area contributed by atoms with Crippen LogP contribution in [0.15, 0.2) is 18.2 Å². The fraction of sp³-hybridized carbons (Fsp3) is 0.538. The molecule has 2 rings (SSSR count). The fourth-order valence-electron chi connectivity index (χ4n) is 2.13. The quantitative estimate of drug-likeness (QED) is 0.747. The molecule has 0 heterocycles. The van der Waals surface area contributed by atoms with Crippen molar-refractivity contribution in [2.24, 2.45) is 0 Å². The molecular weight excluding hydrogens is 224 g/mol. The summed E-state index contributed by atoms with van der Waals surface area (Å²) >= 11 is 5.91. The van der Waals surface area contributed by atoms with Gasteiger partial charge in [-0.1, -0.05) is 12.1 Å². The average molecular weight is 241 g/mol. The van der Waals surface area contributed by atoms with Crippen molar-refractivity contribution in [3.8, 4) is 11.5 Å². The molecule has 88 valence electrons. The maximum Gasteiger partial charge on any atom is 0.165 e. The molecule has 1 saturated carbocycles. The molecule has 16 heavy (non-hydrogen) atoms. The van der Waals surface area contributed by atoms with Crippen LogP contribution in [0.4, 0.5) is 0 Å². The third-order valence-corrected chi connectivity index (χ3v) is 3.30.